The Bertz CT molecular complexity index is 80.6. The van der Waals surface area contributed by atoms with Gasteiger partial charge in [-0.05, 0) is 30.8 Å². The second-order valence-electron chi connectivity index (χ2n) is 3.47. The smallest absolute Gasteiger partial charge is 0.00204 e. The molecule has 0 spiro atoms. The average molecular weight is 127 g/mol. The lowest BCUT2D eigenvalue weighted by Crippen LogP contribution is -2.39. The third kappa shape index (κ3) is 1.45. The summed E-state index contributed by atoms with van der Waals surface area (Å²) in [6.45, 7) is 9.44. The van der Waals surface area contributed by atoms with E-state index in [9.17, 15) is 0 Å². The van der Waals surface area contributed by atoms with Crippen LogP contribution in [0.1, 0.15) is 20.8 Å². The van der Waals surface area contributed by atoms with E-state index in [1.54, 1.807) is 0 Å². The number of rotatable bonds is 0. The maximum absolute atomic E-state index is 3.41. The second kappa shape index (κ2) is 2.70. The molecule has 1 saturated heterocycles. The van der Waals surface area contributed by atoms with Crippen LogP contribution in [0.5, 0.6) is 0 Å². The molecule has 0 aliphatic carbocycles. The van der Waals surface area contributed by atoms with Crippen LogP contribution in [0.2, 0.25) is 0 Å². The summed E-state index contributed by atoms with van der Waals surface area (Å²) >= 11 is 0. The van der Waals surface area contributed by atoms with E-state index in [0.717, 1.165) is 17.8 Å². The minimum Gasteiger partial charge on any atom is -0.316 e. The molecule has 9 heavy (non-hydrogen) atoms. The van der Waals surface area contributed by atoms with Gasteiger partial charge in [-0.1, -0.05) is 20.8 Å². The summed E-state index contributed by atoms with van der Waals surface area (Å²) in [5.41, 5.74) is 0. The predicted molar refractivity (Wildman–Crippen MR) is 40.4 cm³/mol. The SMILES string of the molecule is CC1[C@H](C)CNC[C@@H]1C. The molecular formula is C8H17N. The molecule has 54 valence electrons. The summed E-state index contributed by atoms with van der Waals surface area (Å²) in [5.74, 6) is 2.65. The van der Waals surface area contributed by atoms with E-state index in [1.807, 2.05) is 0 Å². The fourth-order valence-corrected chi connectivity index (χ4v) is 1.47. The molecule has 1 heterocycles. The molecule has 1 heteroatoms. The van der Waals surface area contributed by atoms with Crippen molar-refractivity contribution in [2.45, 2.75) is 20.8 Å². The molecule has 1 rings (SSSR count). The Kier molecular flexibility index (Phi) is 2.12. The average Bonchev–Trinajstić information content (AvgIpc) is 1.83. The van der Waals surface area contributed by atoms with Crippen LogP contribution < -0.4 is 5.32 Å². The Balaban J connectivity index is 2.41. The molecule has 0 radical (unpaired) electrons. The first-order valence-electron chi connectivity index (χ1n) is 3.92. The maximum Gasteiger partial charge on any atom is -0.00204 e. The van der Waals surface area contributed by atoms with Gasteiger partial charge in [0.1, 0.15) is 0 Å². The van der Waals surface area contributed by atoms with Gasteiger partial charge in [0.2, 0.25) is 0 Å². The summed E-state index contributed by atoms with van der Waals surface area (Å²) < 4.78 is 0. The zero-order chi connectivity index (χ0) is 6.85. The Morgan fingerprint density at radius 1 is 1.00 bits per heavy atom. The zero-order valence-electron chi connectivity index (χ0n) is 6.65. The van der Waals surface area contributed by atoms with Crippen LogP contribution >= 0.6 is 0 Å². The lowest BCUT2D eigenvalue weighted by molar-refractivity contribution is 0.216. The number of hydrogen-bond donors (Lipinski definition) is 1. The van der Waals surface area contributed by atoms with Crippen molar-refractivity contribution < 1.29 is 0 Å². The summed E-state index contributed by atoms with van der Waals surface area (Å²) in [6.07, 6.45) is 0. The Morgan fingerprint density at radius 2 is 1.44 bits per heavy atom. The van der Waals surface area contributed by atoms with Gasteiger partial charge in [0.25, 0.3) is 0 Å². The van der Waals surface area contributed by atoms with Crippen molar-refractivity contribution in [2.75, 3.05) is 13.1 Å². The van der Waals surface area contributed by atoms with Crippen molar-refractivity contribution in [1.82, 2.24) is 5.32 Å². The van der Waals surface area contributed by atoms with Gasteiger partial charge >= 0.3 is 0 Å². The molecule has 1 N–H and O–H groups in total. The minimum absolute atomic E-state index is 0.869. The molecule has 1 unspecified atom stereocenters. The van der Waals surface area contributed by atoms with E-state index in [4.69, 9.17) is 0 Å². The highest BCUT2D eigenvalue weighted by Gasteiger charge is 2.22. The summed E-state index contributed by atoms with van der Waals surface area (Å²) in [6, 6.07) is 0. The van der Waals surface area contributed by atoms with Crippen LogP contribution in [-0.2, 0) is 0 Å². The maximum atomic E-state index is 3.41. The van der Waals surface area contributed by atoms with E-state index in [1.165, 1.54) is 13.1 Å². The summed E-state index contributed by atoms with van der Waals surface area (Å²) in [4.78, 5) is 0. The highest BCUT2D eigenvalue weighted by Crippen LogP contribution is 2.22. The summed E-state index contributed by atoms with van der Waals surface area (Å²) in [5, 5.41) is 3.41. The zero-order valence-corrected chi connectivity index (χ0v) is 6.65. The van der Waals surface area contributed by atoms with Crippen LogP contribution in [0.4, 0.5) is 0 Å². The van der Waals surface area contributed by atoms with Crippen LogP contribution in [-0.4, -0.2) is 13.1 Å². The van der Waals surface area contributed by atoms with Gasteiger partial charge in [-0.25, -0.2) is 0 Å². The lowest BCUT2D eigenvalue weighted by atomic mass is 9.82. The monoisotopic (exact) mass is 127 g/mol. The molecule has 0 aromatic heterocycles. The van der Waals surface area contributed by atoms with Gasteiger partial charge in [-0.2, -0.15) is 0 Å². The predicted octanol–water partition coefficient (Wildman–Crippen LogP) is 1.50. The van der Waals surface area contributed by atoms with Crippen molar-refractivity contribution in [1.29, 1.82) is 0 Å². The quantitative estimate of drug-likeness (QED) is 0.520. The van der Waals surface area contributed by atoms with Crippen molar-refractivity contribution in [3.05, 3.63) is 0 Å². The van der Waals surface area contributed by atoms with Gasteiger partial charge in [0, 0.05) is 0 Å². The molecule has 1 nitrogen and oxygen atoms in total. The highest BCUT2D eigenvalue weighted by atomic mass is 14.9. The number of nitrogens with one attached hydrogen (secondary N) is 1. The molecule has 1 aliphatic heterocycles. The van der Waals surface area contributed by atoms with Crippen molar-refractivity contribution in [3.8, 4) is 0 Å². The largest absolute Gasteiger partial charge is 0.316 e. The first-order valence-corrected chi connectivity index (χ1v) is 3.92. The number of hydrogen-bond acceptors (Lipinski definition) is 1. The van der Waals surface area contributed by atoms with Crippen LogP contribution in [0.25, 0.3) is 0 Å². The van der Waals surface area contributed by atoms with Gasteiger partial charge in [0.05, 0.1) is 0 Å². The normalized spacial score (nSPS) is 45.0. The van der Waals surface area contributed by atoms with Gasteiger partial charge in [-0.15, -0.1) is 0 Å². The van der Waals surface area contributed by atoms with Gasteiger partial charge < -0.3 is 5.32 Å². The summed E-state index contributed by atoms with van der Waals surface area (Å²) in [7, 11) is 0. The van der Waals surface area contributed by atoms with Crippen LogP contribution in [0, 0.1) is 17.8 Å². The standard InChI is InChI=1S/C8H17N/c1-6-4-9-5-7(2)8(6)3/h6-9H,4-5H2,1-3H3/t6-,7+,8?. The van der Waals surface area contributed by atoms with Crippen LogP contribution in [0.15, 0.2) is 0 Å². The van der Waals surface area contributed by atoms with E-state index in [0.29, 0.717) is 0 Å². The fourth-order valence-electron chi connectivity index (χ4n) is 1.47. The minimum atomic E-state index is 0.869. The first-order chi connectivity index (χ1) is 4.22. The topological polar surface area (TPSA) is 12.0 Å². The van der Waals surface area contributed by atoms with E-state index in [2.05, 4.69) is 26.1 Å². The van der Waals surface area contributed by atoms with Crippen LogP contribution in [0.3, 0.4) is 0 Å². The van der Waals surface area contributed by atoms with Crippen molar-refractivity contribution >= 4 is 0 Å². The molecule has 3 atom stereocenters. The number of piperidine rings is 1. The van der Waals surface area contributed by atoms with Gasteiger partial charge in [-0.3, -0.25) is 0 Å². The highest BCUT2D eigenvalue weighted by molar-refractivity contribution is 4.76. The second-order valence-corrected chi connectivity index (χ2v) is 3.47. The molecular weight excluding hydrogens is 110 g/mol. The van der Waals surface area contributed by atoms with E-state index in [-0.39, 0.29) is 0 Å². The third-order valence-electron chi connectivity index (χ3n) is 2.73. The molecule has 0 amide bonds. The van der Waals surface area contributed by atoms with E-state index >= 15 is 0 Å². The first kappa shape index (κ1) is 7.07. The Labute approximate surface area is 57.8 Å². The van der Waals surface area contributed by atoms with Gasteiger partial charge in [0.15, 0.2) is 0 Å². The van der Waals surface area contributed by atoms with Crippen molar-refractivity contribution in [2.24, 2.45) is 17.8 Å². The third-order valence-corrected chi connectivity index (χ3v) is 2.73. The fraction of sp³-hybridized carbons (Fsp3) is 1.00. The molecule has 0 aromatic carbocycles. The lowest BCUT2D eigenvalue weighted by Gasteiger charge is -2.32. The molecule has 0 aromatic rings. The molecule has 1 aliphatic rings. The molecule has 0 bridgehead atoms. The van der Waals surface area contributed by atoms with E-state index < -0.39 is 0 Å². The Hall–Kier alpha value is -0.0400. The van der Waals surface area contributed by atoms with Crippen molar-refractivity contribution in [3.63, 3.8) is 0 Å². The molecule has 1 fully saturated rings. The molecule has 0 saturated carbocycles. The Morgan fingerprint density at radius 3 is 1.78 bits per heavy atom.